The van der Waals surface area contributed by atoms with Crippen LogP contribution in [-0.4, -0.2) is 44.5 Å². The third-order valence-electron chi connectivity index (χ3n) is 6.06. The second-order valence-corrected chi connectivity index (χ2v) is 11.4. The van der Waals surface area contributed by atoms with Gasteiger partial charge in [0, 0.05) is 0 Å². The van der Waals surface area contributed by atoms with Crippen molar-refractivity contribution in [2.75, 3.05) is 12.4 Å². The Kier molecular flexibility index (Phi) is 9.66. The van der Waals surface area contributed by atoms with Crippen molar-refractivity contribution in [1.29, 1.82) is 0 Å². The minimum Gasteiger partial charge on any atom is -0.368 e. The number of benzene rings is 3. The van der Waals surface area contributed by atoms with E-state index in [0.29, 0.717) is 12.2 Å². The van der Waals surface area contributed by atoms with E-state index < -0.39 is 33.6 Å². The van der Waals surface area contributed by atoms with Gasteiger partial charge in [0.25, 0.3) is 0 Å². The summed E-state index contributed by atoms with van der Waals surface area (Å²) in [4.78, 5) is 0. The molecule has 0 bridgehead atoms. The van der Waals surface area contributed by atoms with E-state index in [4.69, 9.17) is 18.9 Å². The van der Waals surface area contributed by atoms with Gasteiger partial charge in [-0.1, -0.05) is 103 Å². The molecule has 0 unspecified atom stereocenters. The smallest absolute Gasteiger partial charge is 0.187 e. The summed E-state index contributed by atoms with van der Waals surface area (Å²) in [6.45, 7) is 6.39. The molecule has 3 aromatic rings. The van der Waals surface area contributed by atoms with Gasteiger partial charge in [-0.2, -0.15) is 0 Å². The van der Waals surface area contributed by atoms with E-state index >= 15 is 0 Å². The molecule has 1 aliphatic heterocycles. The van der Waals surface area contributed by atoms with Crippen LogP contribution >= 0.6 is 0 Å². The monoisotopic (exact) mass is 522 g/mol. The van der Waals surface area contributed by atoms with Crippen LogP contribution in [0.15, 0.2) is 103 Å². The van der Waals surface area contributed by atoms with Crippen LogP contribution in [0.5, 0.6) is 0 Å². The van der Waals surface area contributed by atoms with Crippen molar-refractivity contribution in [3.05, 3.63) is 120 Å². The lowest BCUT2D eigenvalue weighted by Gasteiger charge is -2.41. The standard InChI is InChI=1S/C30H34O6S/c1-23(2)22-37(31,32)30-29(35-20-26-16-10-5-11-17-26)28(34-19-25-14-8-4-9-15-25)27(21-36-30)33-18-24-12-6-3-7-13-24/h3-17,27-30H,1,18-22H2,2H3/t27-,28-,29+,30-/m1/s1. The summed E-state index contributed by atoms with van der Waals surface area (Å²) in [5.41, 5.74) is 2.23. The maximum atomic E-state index is 13.4. The number of hydrogen-bond donors (Lipinski definition) is 0. The van der Waals surface area contributed by atoms with Crippen molar-refractivity contribution in [1.82, 2.24) is 0 Å². The zero-order chi connectivity index (χ0) is 26.1. The quantitative estimate of drug-likeness (QED) is 0.309. The van der Waals surface area contributed by atoms with Crippen molar-refractivity contribution >= 4 is 9.84 Å². The van der Waals surface area contributed by atoms with Crippen LogP contribution in [0.3, 0.4) is 0 Å². The molecule has 0 spiro atoms. The van der Waals surface area contributed by atoms with Gasteiger partial charge >= 0.3 is 0 Å². The number of ether oxygens (including phenoxy) is 4. The highest BCUT2D eigenvalue weighted by Gasteiger charge is 2.48. The van der Waals surface area contributed by atoms with Crippen LogP contribution in [0.25, 0.3) is 0 Å². The Labute approximate surface area is 219 Å². The highest BCUT2D eigenvalue weighted by atomic mass is 32.2. The predicted molar refractivity (Wildman–Crippen MR) is 143 cm³/mol. The first-order chi connectivity index (χ1) is 17.9. The summed E-state index contributed by atoms with van der Waals surface area (Å²) >= 11 is 0. The van der Waals surface area contributed by atoms with Gasteiger partial charge < -0.3 is 18.9 Å². The summed E-state index contributed by atoms with van der Waals surface area (Å²) in [6.07, 6.45) is -2.10. The molecule has 0 aromatic heterocycles. The average molecular weight is 523 g/mol. The fraction of sp³-hybridized carbons (Fsp3) is 0.333. The predicted octanol–water partition coefficient (Wildman–Crippen LogP) is 5.09. The highest BCUT2D eigenvalue weighted by molar-refractivity contribution is 7.92. The molecule has 0 N–H and O–H groups in total. The lowest BCUT2D eigenvalue weighted by atomic mass is 10.0. The van der Waals surface area contributed by atoms with Crippen molar-refractivity contribution < 1.29 is 27.4 Å². The molecule has 1 fully saturated rings. The van der Waals surface area contributed by atoms with Crippen molar-refractivity contribution in [2.24, 2.45) is 0 Å². The van der Waals surface area contributed by atoms with E-state index in [2.05, 4.69) is 6.58 Å². The zero-order valence-electron chi connectivity index (χ0n) is 21.1. The maximum absolute atomic E-state index is 13.4. The second kappa shape index (κ2) is 13.1. The minimum absolute atomic E-state index is 0.0670. The van der Waals surface area contributed by atoms with Crippen molar-refractivity contribution in [3.63, 3.8) is 0 Å². The van der Waals surface area contributed by atoms with Crippen LogP contribution in [0, 0.1) is 0 Å². The second-order valence-electron chi connectivity index (χ2n) is 9.32. The molecule has 1 saturated heterocycles. The summed E-state index contributed by atoms with van der Waals surface area (Å²) in [5.74, 6) is -0.191. The molecule has 37 heavy (non-hydrogen) atoms. The summed E-state index contributed by atoms with van der Waals surface area (Å²) in [5, 5.41) is 0. The molecule has 3 aromatic carbocycles. The fourth-order valence-corrected chi connectivity index (χ4v) is 6.09. The first kappa shape index (κ1) is 27.2. The Bertz CT molecular complexity index is 1210. The SMILES string of the molecule is C=C(C)CS(=O)(=O)[C@H]1OC[C@@H](OCc2ccccc2)[C@@H](OCc2ccccc2)[C@@H]1OCc1ccccc1. The lowest BCUT2D eigenvalue weighted by Crippen LogP contribution is -2.58. The molecule has 4 atom stereocenters. The number of hydrogen-bond acceptors (Lipinski definition) is 6. The molecule has 6 nitrogen and oxygen atoms in total. The summed E-state index contributed by atoms with van der Waals surface area (Å²) in [6, 6.07) is 29.2. The van der Waals surface area contributed by atoms with Crippen LogP contribution in [0.2, 0.25) is 0 Å². The third-order valence-corrected chi connectivity index (χ3v) is 8.07. The molecule has 0 saturated carbocycles. The largest absolute Gasteiger partial charge is 0.368 e. The van der Waals surface area contributed by atoms with Crippen LogP contribution < -0.4 is 0 Å². The van der Waals surface area contributed by atoms with E-state index in [0.717, 1.165) is 16.7 Å². The molecule has 1 heterocycles. The summed E-state index contributed by atoms with van der Waals surface area (Å²) < 4.78 is 51.6. The maximum Gasteiger partial charge on any atom is 0.187 e. The van der Waals surface area contributed by atoms with Crippen LogP contribution in [0.1, 0.15) is 23.6 Å². The lowest BCUT2D eigenvalue weighted by molar-refractivity contribution is -0.221. The Morgan fingerprint density at radius 2 is 1.19 bits per heavy atom. The molecular weight excluding hydrogens is 488 g/mol. The van der Waals surface area contributed by atoms with Gasteiger partial charge in [0.15, 0.2) is 15.3 Å². The van der Waals surface area contributed by atoms with E-state index in [-0.39, 0.29) is 25.6 Å². The zero-order valence-corrected chi connectivity index (χ0v) is 21.9. The Morgan fingerprint density at radius 1 is 0.757 bits per heavy atom. The van der Waals surface area contributed by atoms with Crippen LogP contribution in [-0.2, 0) is 48.6 Å². The first-order valence-electron chi connectivity index (χ1n) is 12.4. The van der Waals surface area contributed by atoms with Gasteiger partial charge in [0.05, 0.1) is 32.2 Å². The molecule has 196 valence electrons. The average Bonchev–Trinajstić information content (AvgIpc) is 2.90. The molecule has 0 aliphatic carbocycles. The number of sulfone groups is 1. The molecule has 0 amide bonds. The van der Waals surface area contributed by atoms with Gasteiger partial charge in [0.2, 0.25) is 0 Å². The number of rotatable bonds is 12. The Hall–Kier alpha value is -2.81. The Balaban J connectivity index is 1.61. The van der Waals surface area contributed by atoms with Gasteiger partial charge in [-0.05, 0) is 23.6 Å². The van der Waals surface area contributed by atoms with Gasteiger partial charge in [-0.3, -0.25) is 0 Å². The van der Waals surface area contributed by atoms with Gasteiger partial charge in [-0.25, -0.2) is 8.42 Å². The molecule has 7 heteroatoms. The van der Waals surface area contributed by atoms with E-state index in [9.17, 15) is 8.42 Å². The van der Waals surface area contributed by atoms with E-state index in [1.165, 1.54) is 0 Å². The fourth-order valence-electron chi connectivity index (χ4n) is 4.31. The molecule has 4 rings (SSSR count). The van der Waals surface area contributed by atoms with Crippen molar-refractivity contribution in [2.45, 2.75) is 50.5 Å². The summed E-state index contributed by atoms with van der Waals surface area (Å²) in [7, 11) is -3.72. The van der Waals surface area contributed by atoms with Crippen LogP contribution in [0.4, 0.5) is 0 Å². The minimum atomic E-state index is -3.72. The molecular formula is C30H34O6S. The first-order valence-corrected chi connectivity index (χ1v) is 14.1. The van der Waals surface area contributed by atoms with Crippen molar-refractivity contribution in [3.8, 4) is 0 Å². The molecule has 0 radical (unpaired) electrons. The molecule has 1 aliphatic rings. The Morgan fingerprint density at radius 3 is 1.65 bits per heavy atom. The third kappa shape index (κ3) is 7.84. The van der Waals surface area contributed by atoms with E-state index in [1.54, 1.807) is 6.92 Å². The van der Waals surface area contributed by atoms with E-state index in [1.807, 2.05) is 91.0 Å². The van der Waals surface area contributed by atoms with Gasteiger partial charge in [0.1, 0.15) is 18.3 Å². The normalized spacial score (nSPS) is 22.0. The topological polar surface area (TPSA) is 71.1 Å². The van der Waals surface area contributed by atoms with Gasteiger partial charge in [-0.15, -0.1) is 0 Å². The highest BCUT2D eigenvalue weighted by Crippen LogP contribution is 2.30.